The van der Waals surface area contributed by atoms with Gasteiger partial charge in [0, 0.05) is 35.9 Å². The van der Waals surface area contributed by atoms with Crippen LogP contribution in [0.25, 0.3) is 0 Å². The number of carbonyl (C=O) groups is 1. The number of aryl methyl sites for hydroxylation is 1. The van der Waals surface area contributed by atoms with Crippen molar-refractivity contribution >= 4 is 11.6 Å². The lowest BCUT2D eigenvalue weighted by Gasteiger charge is -2.39. The van der Waals surface area contributed by atoms with Gasteiger partial charge in [0.2, 0.25) is 0 Å². The molecule has 3 N–H and O–H groups in total. The number of terminal acetylenes is 1. The minimum absolute atomic E-state index is 0.0562. The van der Waals surface area contributed by atoms with Gasteiger partial charge in [0.25, 0.3) is 5.91 Å². The van der Waals surface area contributed by atoms with Crippen LogP contribution in [0.15, 0.2) is 48.8 Å². The van der Waals surface area contributed by atoms with E-state index in [9.17, 15) is 4.79 Å². The van der Waals surface area contributed by atoms with E-state index in [0.717, 1.165) is 61.4 Å². The predicted molar refractivity (Wildman–Crippen MR) is 139 cm³/mol. The van der Waals surface area contributed by atoms with Gasteiger partial charge in [-0.15, -0.1) is 6.42 Å². The van der Waals surface area contributed by atoms with Gasteiger partial charge in [0.1, 0.15) is 0 Å². The lowest BCUT2D eigenvalue weighted by Crippen LogP contribution is -2.45. The third-order valence-electron chi connectivity index (χ3n) is 7.61. The largest absolute Gasteiger partial charge is 0.369 e. The molecule has 6 nitrogen and oxygen atoms in total. The molecule has 182 valence electrons. The highest BCUT2D eigenvalue weighted by atomic mass is 16.5. The fourth-order valence-corrected chi connectivity index (χ4v) is 5.51. The summed E-state index contributed by atoms with van der Waals surface area (Å²) in [5.74, 6) is 3.53. The summed E-state index contributed by atoms with van der Waals surface area (Å²) in [7, 11) is 0. The zero-order valence-electron chi connectivity index (χ0n) is 20.5. The Kier molecular flexibility index (Phi) is 6.55. The molecule has 3 heterocycles. The van der Waals surface area contributed by atoms with Crippen molar-refractivity contribution in [3.05, 3.63) is 76.6 Å². The van der Waals surface area contributed by atoms with E-state index in [2.05, 4.69) is 40.6 Å². The predicted octanol–water partition coefficient (Wildman–Crippen LogP) is 3.86. The van der Waals surface area contributed by atoms with Gasteiger partial charge in [-0.1, -0.05) is 24.6 Å². The summed E-state index contributed by atoms with van der Waals surface area (Å²) in [4.78, 5) is 15.3. The van der Waals surface area contributed by atoms with Crippen LogP contribution in [-0.2, 0) is 16.9 Å². The van der Waals surface area contributed by atoms with Crippen LogP contribution in [-0.4, -0.2) is 43.0 Å². The molecule has 2 saturated heterocycles. The van der Waals surface area contributed by atoms with Crippen molar-refractivity contribution in [1.29, 1.82) is 0 Å². The summed E-state index contributed by atoms with van der Waals surface area (Å²) in [6, 6.07) is 12.4. The Morgan fingerprint density at radius 3 is 2.71 bits per heavy atom. The molecule has 2 aromatic rings. The molecule has 0 aliphatic carbocycles. The Morgan fingerprint density at radius 2 is 1.97 bits per heavy atom. The van der Waals surface area contributed by atoms with E-state index in [4.69, 9.17) is 11.2 Å². The number of hydrogen-bond donors (Lipinski definition) is 3. The smallest absolute Gasteiger partial charge is 0.253 e. The number of amides is 1. The van der Waals surface area contributed by atoms with Gasteiger partial charge in [-0.3, -0.25) is 4.79 Å². The molecule has 0 unspecified atom stereocenters. The van der Waals surface area contributed by atoms with Gasteiger partial charge >= 0.3 is 0 Å². The SMILES string of the molecule is C#Cc1ccc2c(c1)COC21CCN(C(=O)c2ccc(C)c(NC(=C)NC3CCNCC3)c2)CC1. The summed E-state index contributed by atoms with van der Waals surface area (Å²) in [5.41, 5.74) is 5.66. The fourth-order valence-electron chi connectivity index (χ4n) is 5.51. The molecule has 2 fully saturated rings. The minimum atomic E-state index is -0.308. The van der Waals surface area contributed by atoms with Gasteiger partial charge in [-0.2, -0.15) is 0 Å². The van der Waals surface area contributed by atoms with Crippen LogP contribution in [0.4, 0.5) is 5.69 Å². The maximum atomic E-state index is 13.4. The third kappa shape index (κ3) is 4.80. The summed E-state index contributed by atoms with van der Waals surface area (Å²) in [6.45, 7) is 10.2. The number of ether oxygens (including phenoxy) is 1. The van der Waals surface area contributed by atoms with Crippen molar-refractivity contribution < 1.29 is 9.53 Å². The molecule has 2 aromatic carbocycles. The van der Waals surface area contributed by atoms with Crippen LogP contribution >= 0.6 is 0 Å². The van der Waals surface area contributed by atoms with E-state index in [1.165, 1.54) is 11.1 Å². The minimum Gasteiger partial charge on any atom is -0.369 e. The molecule has 6 heteroatoms. The summed E-state index contributed by atoms with van der Waals surface area (Å²) < 4.78 is 6.29. The number of fused-ring (bicyclic) bond motifs is 2. The van der Waals surface area contributed by atoms with Crippen molar-refractivity contribution in [2.24, 2.45) is 0 Å². The Bertz CT molecular complexity index is 1170. The second kappa shape index (κ2) is 9.77. The lowest BCUT2D eigenvalue weighted by atomic mass is 9.83. The molecule has 0 radical (unpaired) electrons. The topological polar surface area (TPSA) is 65.6 Å². The first-order chi connectivity index (χ1) is 17.0. The van der Waals surface area contributed by atoms with Gasteiger partial charge < -0.3 is 25.6 Å². The number of nitrogens with one attached hydrogen (secondary N) is 3. The van der Waals surface area contributed by atoms with Gasteiger partial charge in [0.15, 0.2) is 0 Å². The van der Waals surface area contributed by atoms with Gasteiger partial charge in [-0.25, -0.2) is 0 Å². The van der Waals surface area contributed by atoms with Crippen LogP contribution < -0.4 is 16.0 Å². The Balaban J connectivity index is 1.23. The van der Waals surface area contributed by atoms with Crippen LogP contribution in [0.5, 0.6) is 0 Å². The first kappa shape index (κ1) is 23.5. The number of benzene rings is 2. The summed E-state index contributed by atoms with van der Waals surface area (Å²) in [6.07, 6.45) is 9.29. The molecule has 0 atom stereocenters. The van der Waals surface area contributed by atoms with Crippen LogP contribution in [0.3, 0.4) is 0 Å². The van der Waals surface area contributed by atoms with E-state index in [0.29, 0.717) is 31.3 Å². The summed E-state index contributed by atoms with van der Waals surface area (Å²) in [5, 5.41) is 10.2. The molecular weight excluding hydrogens is 436 g/mol. The molecule has 5 rings (SSSR count). The number of likely N-dealkylation sites (tertiary alicyclic amines) is 1. The second-order valence-electron chi connectivity index (χ2n) is 9.89. The average Bonchev–Trinajstić information content (AvgIpc) is 3.23. The fraction of sp³-hybridized carbons (Fsp3) is 0.414. The monoisotopic (exact) mass is 470 g/mol. The molecule has 0 aromatic heterocycles. The lowest BCUT2D eigenvalue weighted by molar-refractivity contribution is -0.0741. The number of carbonyl (C=O) groups excluding carboxylic acids is 1. The molecule has 1 amide bonds. The van der Waals surface area contributed by atoms with Crippen LogP contribution in [0, 0.1) is 19.3 Å². The van der Waals surface area contributed by atoms with E-state index in [1.807, 2.05) is 36.1 Å². The first-order valence-electron chi connectivity index (χ1n) is 12.5. The normalized spacial score (nSPS) is 19.1. The van der Waals surface area contributed by atoms with Crippen molar-refractivity contribution in [2.75, 3.05) is 31.5 Å². The molecule has 1 spiro atoms. The zero-order valence-corrected chi connectivity index (χ0v) is 20.5. The summed E-state index contributed by atoms with van der Waals surface area (Å²) >= 11 is 0. The van der Waals surface area contributed by atoms with Gasteiger partial charge in [-0.05, 0) is 86.7 Å². The molecule has 35 heavy (non-hydrogen) atoms. The van der Waals surface area contributed by atoms with Crippen molar-refractivity contribution in [2.45, 2.75) is 50.9 Å². The molecular formula is C29H34N4O2. The third-order valence-corrected chi connectivity index (χ3v) is 7.61. The number of rotatable bonds is 5. The van der Waals surface area contributed by atoms with E-state index < -0.39 is 0 Å². The van der Waals surface area contributed by atoms with Gasteiger partial charge in [0.05, 0.1) is 18.0 Å². The van der Waals surface area contributed by atoms with Crippen molar-refractivity contribution in [1.82, 2.24) is 15.5 Å². The molecule has 3 aliphatic rings. The molecule has 3 aliphatic heterocycles. The van der Waals surface area contributed by atoms with Crippen molar-refractivity contribution in [3.63, 3.8) is 0 Å². The highest BCUT2D eigenvalue weighted by Gasteiger charge is 2.43. The van der Waals surface area contributed by atoms with E-state index in [1.54, 1.807) is 0 Å². The number of hydrogen-bond acceptors (Lipinski definition) is 5. The number of anilines is 1. The first-order valence-corrected chi connectivity index (χ1v) is 12.5. The highest BCUT2D eigenvalue weighted by Crippen LogP contribution is 2.44. The Labute approximate surface area is 208 Å². The van der Waals surface area contributed by atoms with E-state index >= 15 is 0 Å². The van der Waals surface area contributed by atoms with Crippen LogP contribution in [0.1, 0.15) is 58.3 Å². The average molecular weight is 471 g/mol. The second-order valence-corrected chi connectivity index (χ2v) is 9.89. The molecule has 0 saturated carbocycles. The van der Waals surface area contributed by atoms with Crippen LogP contribution in [0.2, 0.25) is 0 Å². The maximum absolute atomic E-state index is 13.4. The highest BCUT2D eigenvalue weighted by molar-refractivity contribution is 5.95. The zero-order chi connectivity index (χ0) is 24.4. The maximum Gasteiger partial charge on any atom is 0.253 e. The standard InChI is InChI=1S/C29H34N4O2/c1-4-22-6-8-26-24(17-22)19-35-29(26)11-15-33(16-12-29)28(34)23-7-5-20(2)27(18-23)32-21(3)31-25-9-13-30-14-10-25/h1,5-8,17-18,25,30-32H,3,9-16,19H2,2H3. The van der Waals surface area contributed by atoms with Crippen molar-refractivity contribution in [3.8, 4) is 12.3 Å². The molecule has 0 bridgehead atoms. The number of nitrogens with zero attached hydrogens (tertiary/aromatic N) is 1. The quantitative estimate of drug-likeness (QED) is 0.579. The number of piperidine rings is 2. The van der Waals surface area contributed by atoms with E-state index in [-0.39, 0.29) is 11.5 Å². The Hall–Kier alpha value is -3.27. The Morgan fingerprint density at radius 1 is 1.20 bits per heavy atom.